The first-order valence-corrected chi connectivity index (χ1v) is 13.4. The van der Waals surface area contributed by atoms with E-state index >= 15 is 0 Å². The third kappa shape index (κ3) is 5.86. The fraction of sp³-hybridized carbons (Fsp3) is 0.310. The second-order valence-corrected chi connectivity index (χ2v) is 9.90. The summed E-state index contributed by atoms with van der Waals surface area (Å²) >= 11 is 1.58. The summed E-state index contributed by atoms with van der Waals surface area (Å²) in [7, 11) is 0. The average molecular weight is 501 g/mol. The predicted octanol–water partition coefficient (Wildman–Crippen LogP) is 5.46. The molecule has 0 bridgehead atoms. The third-order valence-corrected chi connectivity index (χ3v) is 7.44. The number of piperazine rings is 1. The van der Waals surface area contributed by atoms with Crippen molar-refractivity contribution in [1.29, 1.82) is 0 Å². The van der Waals surface area contributed by atoms with Crippen LogP contribution in [0.3, 0.4) is 0 Å². The number of fused-ring (bicyclic) bond motifs is 1. The number of para-hydroxylation sites is 1. The van der Waals surface area contributed by atoms with Crippen molar-refractivity contribution in [3.63, 3.8) is 0 Å². The molecule has 186 valence electrons. The largest absolute Gasteiger partial charge is 0.481 e. The normalized spacial score (nSPS) is 15.1. The van der Waals surface area contributed by atoms with Crippen LogP contribution in [0.5, 0.6) is 5.75 Å². The molecule has 36 heavy (non-hydrogen) atoms. The first-order chi connectivity index (χ1) is 17.7. The SMILES string of the molecule is CCC(Oc1ccccc1)C(=O)Nc1cccc(CCN2CCN(c3nsc4ccccc34)CC2)c1. The molecule has 1 aliphatic rings. The maximum atomic E-state index is 12.8. The number of anilines is 2. The van der Waals surface area contributed by atoms with Crippen molar-refractivity contribution in [2.75, 3.05) is 42.9 Å². The standard InChI is InChI=1S/C29H32N4O2S/c1-2-26(35-24-11-4-3-5-12-24)29(34)30-23-10-8-9-22(21-23)15-16-32-17-19-33(20-18-32)28-25-13-6-7-14-27(25)36-31-28/h3-14,21,26H,2,15-20H2,1H3,(H,30,34). The van der Waals surface area contributed by atoms with Crippen LogP contribution < -0.4 is 15.0 Å². The second-order valence-electron chi connectivity index (χ2n) is 9.10. The molecule has 4 aromatic rings. The zero-order valence-electron chi connectivity index (χ0n) is 20.6. The van der Waals surface area contributed by atoms with Gasteiger partial charge in [-0.3, -0.25) is 9.69 Å². The number of hydrogen-bond acceptors (Lipinski definition) is 6. The van der Waals surface area contributed by atoms with Crippen LogP contribution in [0.2, 0.25) is 0 Å². The average Bonchev–Trinajstić information content (AvgIpc) is 3.36. The summed E-state index contributed by atoms with van der Waals surface area (Å²) in [5, 5.41) is 4.30. The van der Waals surface area contributed by atoms with E-state index in [9.17, 15) is 4.79 Å². The lowest BCUT2D eigenvalue weighted by molar-refractivity contribution is -0.122. The van der Waals surface area contributed by atoms with E-state index in [1.165, 1.54) is 15.6 Å². The van der Waals surface area contributed by atoms with E-state index in [1.54, 1.807) is 11.5 Å². The van der Waals surface area contributed by atoms with Crippen molar-refractivity contribution in [3.05, 3.63) is 84.4 Å². The minimum Gasteiger partial charge on any atom is -0.481 e. The molecule has 1 atom stereocenters. The van der Waals surface area contributed by atoms with Gasteiger partial charge >= 0.3 is 0 Å². The van der Waals surface area contributed by atoms with Gasteiger partial charge in [-0.05, 0) is 66.3 Å². The number of nitrogens with zero attached hydrogens (tertiary/aromatic N) is 3. The van der Waals surface area contributed by atoms with Gasteiger partial charge in [0.05, 0.1) is 4.70 Å². The lowest BCUT2D eigenvalue weighted by Gasteiger charge is -2.35. The second kappa shape index (κ2) is 11.5. The number of amides is 1. The van der Waals surface area contributed by atoms with Crippen LogP contribution in [-0.2, 0) is 11.2 Å². The fourth-order valence-corrected chi connectivity index (χ4v) is 5.38. The lowest BCUT2D eigenvalue weighted by Crippen LogP contribution is -2.47. The van der Waals surface area contributed by atoms with E-state index in [0.29, 0.717) is 12.2 Å². The summed E-state index contributed by atoms with van der Waals surface area (Å²) in [6, 6.07) is 26.1. The lowest BCUT2D eigenvalue weighted by atomic mass is 10.1. The minimum absolute atomic E-state index is 0.121. The van der Waals surface area contributed by atoms with Crippen LogP contribution in [0.15, 0.2) is 78.9 Å². The molecule has 1 fully saturated rings. The summed E-state index contributed by atoms with van der Waals surface area (Å²) in [6.07, 6.45) is 1.02. The van der Waals surface area contributed by atoms with Gasteiger partial charge in [-0.2, -0.15) is 4.37 Å². The number of carbonyl (C=O) groups excluding carboxylic acids is 1. The Morgan fingerprint density at radius 3 is 2.58 bits per heavy atom. The third-order valence-electron chi connectivity index (χ3n) is 6.63. The Morgan fingerprint density at radius 2 is 1.78 bits per heavy atom. The van der Waals surface area contributed by atoms with Crippen LogP contribution in [0, 0.1) is 0 Å². The number of nitrogens with one attached hydrogen (secondary N) is 1. The van der Waals surface area contributed by atoms with Crippen LogP contribution in [0.1, 0.15) is 18.9 Å². The van der Waals surface area contributed by atoms with Crippen molar-refractivity contribution in [1.82, 2.24) is 9.27 Å². The number of benzene rings is 3. The number of carbonyl (C=O) groups is 1. The molecule has 2 heterocycles. The number of aromatic nitrogens is 1. The molecule has 7 heteroatoms. The summed E-state index contributed by atoms with van der Waals surface area (Å²) in [5.41, 5.74) is 2.03. The Morgan fingerprint density at radius 1 is 1.00 bits per heavy atom. The summed E-state index contributed by atoms with van der Waals surface area (Å²) in [4.78, 5) is 17.7. The smallest absolute Gasteiger partial charge is 0.265 e. The molecule has 1 aromatic heterocycles. The quantitative estimate of drug-likeness (QED) is 0.331. The highest BCUT2D eigenvalue weighted by Gasteiger charge is 2.21. The maximum absolute atomic E-state index is 12.8. The monoisotopic (exact) mass is 500 g/mol. The van der Waals surface area contributed by atoms with Crippen molar-refractivity contribution in [3.8, 4) is 5.75 Å². The molecule has 3 aromatic carbocycles. The zero-order chi connectivity index (χ0) is 24.7. The van der Waals surface area contributed by atoms with Gasteiger partial charge < -0.3 is 15.0 Å². The maximum Gasteiger partial charge on any atom is 0.265 e. The van der Waals surface area contributed by atoms with Gasteiger partial charge in [0.2, 0.25) is 0 Å². The first-order valence-electron chi connectivity index (χ1n) is 12.6. The van der Waals surface area contributed by atoms with E-state index in [0.717, 1.165) is 50.6 Å². The molecule has 1 N–H and O–H groups in total. The van der Waals surface area contributed by atoms with Gasteiger partial charge in [-0.15, -0.1) is 0 Å². The highest BCUT2D eigenvalue weighted by Crippen LogP contribution is 2.29. The Labute approximate surface area is 216 Å². The molecular weight excluding hydrogens is 468 g/mol. The van der Waals surface area contributed by atoms with Gasteiger partial charge in [-0.25, -0.2) is 0 Å². The van der Waals surface area contributed by atoms with E-state index in [-0.39, 0.29) is 5.91 Å². The molecule has 1 amide bonds. The fourth-order valence-electron chi connectivity index (χ4n) is 4.58. The van der Waals surface area contributed by atoms with Crippen LogP contribution >= 0.6 is 11.5 Å². The van der Waals surface area contributed by atoms with Crippen LogP contribution in [-0.4, -0.2) is 54.0 Å². The summed E-state index contributed by atoms with van der Waals surface area (Å²) in [5.74, 6) is 1.71. The molecule has 0 saturated carbocycles. The van der Waals surface area contributed by atoms with E-state index in [4.69, 9.17) is 9.11 Å². The predicted molar refractivity (Wildman–Crippen MR) is 148 cm³/mol. The van der Waals surface area contributed by atoms with Crippen molar-refractivity contribution >= 4 is 39.0 Å². The van der Waals surface area contributed by atoms with Gasteiger partial charge in [0.25, 0.3) is 5.91 Å². The Kier molecular flexibility index (Phi) is 7.79. The van der Waals surface area contributed by atoms with Crippen LogP contribution in [0.4, 0.5) is 11.5 Å². The van der Waals surface area contributed by atoms with E-state index in [1.807, 2.05) is 49.4 Å². The van der Waals surface area contributed by atoms with Gasteiger partial charge in [-0.1, -0.05) is 49.4 Å². The van der Waals surface area contributed by atoms with Crippen molar-refractivity contribution < 1.29 is 9.53 Å². The molecule has 1 saturated heterocycles. The Bertz CT molecular complexity index is 1280. The van der Waals surface area contributed by atoms with E-state index < -0.39 is 6.10 Å². The topological polar surface area (TPSA) is 57.7 Å². The molecule has 1 aliphatic heterocycles. The Balaban J connectivity index is 1.12. The van der Waals surface area contributed by atoms with Gasteiger partial charge in [0.15, 0.2) is 6.10 Å². The number of ether oxygens (including phenoxy) is 1. The van der Waals surface area contributed by atoms with Crippen molar-refractivity contribution in [2.24, 2.45) is 0 Å². The summed E-state index contributed by atoms with van der Waals surface area (Å²) < 4.78 is 11.9. The zero-order valence-corrected chi connectivity index (χ0v) is 21.4. The highest BCUT2D eigenvalue weighted by molar-refractivity contribution is 7.13. The van der Waals surface area contributed by atoms with Crippen LogP contribution in [0.25, 0.3) is 10.1 Å². The van der Waals surface area contributed by atoms with Gasteiger partial charge in [0, 0.05) is 43.8 Å². The minimum atomic E-state index is -0.526. The molecular formula is C29H32N4O2S. The Hall–Kier alpha value is -3.42. The molecule has 0 aliphatic carbocycles. The molecule has 0 radical (unpaired) electrons. The highest BCUT2D eigenvalue weighted by atomic mass is 32.1. The molecule has 6 nitrogen and oxygen atoms in total. The van der Waals surface area contributed by atoms with Crippen molar-refractivity contribution in [2.45, 2.75) is 25.9 Å². The molecule has 0 spiro atoms. The molecule has 5 rings (SSSR count). The first kappa shape index (κ1) is 24.3. The molecule has 1 unspecified atom stereocenters. The number of hydrogen-bond donors (Lipinski definition) is 1. The van der Waals surface area contributed by atoms with Gasteiger partial charge in [0.1, 0.15) is 11.6 Å². The summed E-state index contributed by atoms with van der Waals surface area (Å²) in [6.45, 7) is 6.99. The number of rotatable bonds is 9. The van der Waals surface area contributed by atoms with E-state index in [2.05, 4.69) is 51.5 Å².